The minimum Gasteiger partial charge on any atom is -0.478 e. The van der Waals surface area contributed by atoms with Crippen LogP contribution < -0.4 is 0 Å². The Morgan fingerprint density at radius 2 is 1.71 bits per heavy atom. The molecule has 1 aromatic heterocycles. The molecule has 1 aliphatic heterocycles. The Bertz CT molecular complexity index is 651. The number of aromatic carboxylic acids is 1. The minimum atomic E-state index is -3.89. The molecule has 1 saturated heterocycles. The Labute approximate surface area is 124 Å². The second kappa shape index (κ2) is 5.46. The standard InChI is InChI=1S/C14H21NO5S/c1-8-6-5-7-9(2)15(8)21(18,19)13-11(4)20-10(3)12(13)14(16)17/h8-9H,5-7H2,1-4H3,(H,16,17). The first kappa shape index (κ1) is 16.0. The van der Waals surface area contributed by atoms with Crippen molar-refractivity contribution in [2.75, 3.05) is 0 Å². The average Bonchev–Trinajstić information content (AvgIpc) is 2.64. The van der Waals surface area contributed by atoms with Gasteiger partial charge in [-0.15, -0.1) is 0 Å². The highest BCUT2D eigenvalue weighted by molar-refractivity contribution is 7.89. The number of hydrogen-bond donors (Lipinski definition) is 1. The van der Waals surface area contributed by atoms with E-state index >= 15 is 0 Å². The van der Waals surface area contributed by atoms with Gasteiger partial charge in [0.25, 0.3) is 0 Å². The van der Waals surface area contributed by atoms with Crippen molar-refractivity contribution >= 4 is 16.0 Å². The Morgan fingerprint density at radius 3 is 2.19 bits per heavy atom. The van der Waals surface area contributed by atoms with Crippen molar-refractivity contribution in [3.05, 3.63) is 17.1 Å². The topological polar surface area (TPSA) is 87.8 Å². The molecule has 0 amide bonds. The number of aryl methyl sites for hydroxylation is 2. The molecule has 1 aromatic rings. The van der Waals surface area contributed by atoms with Gasteiger partial charge in [0.2, 0.25) is 10.0 Å². The molecule has 2 unspecified atom stereocenters. The molecule has 0 radical (unpaired) electrons. The fourth-order valence-electron chi connectivity index (χ4n) is 3.20. The quantitative estimate of drug-likeness (QED) is 0.926. The molecule has 0 saturated carbocycles. The molecule has 118 valence electrons. The lowest BCUT2D eigenvalue weighted by Gasteiger charge is -2.37. The van der Waals surface area contributed by atoms with Gasteiger partial charge in [-0.05, 0) is 40.5 Å². The maximum Gasteiger partial charge on any atom is 0.340 e. The van der Waals surface area contributed by atoms with Crippen molar-refractivity contribution < 1.29 is 22.7 Å². The summed E-state index contributed by atoms with van der Waals surface area (Å²) < 4.78 is 32.6. The average molecular weight is 315 g/mol. The zero-order valence-electron chi connectivity index (χ0n) is 12.7. The Morgan fingerprint density at radius 1 is 1.19 bits per heavy atom. The molecule has 1 aliphatic rings. The van der Waals surface area contributed by atoms with Crippen molar-refractivity contribution in [3.8, 4) is 0 Å². The number of rotatable bonds is 3. The molecule has 1 N–H and O–H groups in total. The van der Waals surface area contributed by atoms with Crippen LogP contribution in [-0.4, -0.2) is 35.9 Å². The van der Waals surface area contributed by atoms with Crippen LogP contribution >= 0.6 is 0 Å². The zero-order chi connectivity index (χ0) is 15.9. The summed E-state index contributed by atoms with van der Waals surface area (Å²) in [5.74, 6) is -1.02. The number of carbonyl (C=O) groups is 1. The van der Waals surface area contributed by atoms with Gasteiger partial charge in [0.1, 0.15) is 22.0 Å². The smallest absolute Gasteiger partial charge is 0.340 e. The summed E-state index contributed by atoms with van der Waals surface area (Å²) in [6, 6.07) is -0.287. The molecule has 2 atom stereocenters. The first-order valence-electron chi connectivity index (χ1n) is 7.04. The van der Waals surface area contributed by atoms with Crippen LogP contribution in [0.1, 0.15) is 55.0 Å². The van der Waals surface area contributed by atoms with Crippen LogP contribution in [0, 0.1) is 13.8 Å². The fourth-order valence-corrected chi connectivity index (χ4v) is 5.46. The third-order valence-corrected chi connectivity index (χ3v) is 6.35. The molecule has 0 aromatic carbocycles. The number of hydrogen-bond acceptors (Lipinski definition) is 4. The van der Waals surface area contributed by atoms with Crippen LogP contribution in [0.4, 0.5) is 0 Å². The van der Waals surface area contributed by atoms with E-state index in [-0.39, 0.29) is 34.1 Å². The summed E-state index contributed by atoms with van der Waals surface area (Å²) in [5.41, 5.74) is -0.252. The highest BCUT2D eigenvalue weighted by atomic mass is 32.2. The first-order chi connectivity index (χ1) is 9.67. The normalized spacial score (nSPS) is 24.2. The van der Waals surface area contributed by atoms with E-state index in [0.717, 1.165) is 19.3 Å². The van der Waals surface area contributed by atoms with Crippen molar-refractivity contribution in [3.63, 3.8) is 0 Å². The lowest BCUT2D eigenvalue weighted by molar-refractivity contribution is 0.0690. The van der Waals surface area contributed by atoms with E-state index in [1.807, 2.05) is 13.8 Å². The molecule has 6 nitrogen and oxygen atoms in total. The molecule has 0 aliphatic carbocycles. The summed E-state index contributed by atoms with van der Waals surface area (Å²) >= 11 is 0. The Balaban J connectivity index is 2.62. The highest BCUT2D eigenvalue weighted by Crippen LogP contribution is 2.34. The van der Waals surface area contributed by atoms with E-state index in [0.29, 0.717) is 0 Å². The van der Waals surface area contributed by atoms with E-state index in [9.17, 15) is 18.3 Å². The van der Waals surface area contributed by atoms with Gasteiger partial charge in [0.05, 0.1) is 0 Å². The van der Waals surface area contributed by atoms with Gasteiger partial charge in [0, 0.05) is 12.1 Å². The summed E-state index contributed by atoms with van der Waals surface area (Å²) in [5, 5.41) is 9.31. The van der Waals surface area contributed by atoms with Gasteiger partial charge in [0.15, 0.2) is 0 Å². The van der Waals surface area contributed by atoms with Crippen LogP contribution in [0.25, 0.3) is 0 Å². The van der Waals surface area contributed by atoms with Crippen molar-refractivity contribution in [2.24, 2.45) is 0 Å². The van der Waals surface area contributed by atoms with E-state index in [1.165, 1.54) is 18.2 Å². The Kier molecular flexibility index (Phi) is 4.17. The second-order valence-electron chi connectivity index (χ2n) is 5.69. The van der Waals surface area contributed by atoms with Crippen LogP contribution in [-0.2, 0) is 10.0 Å². The zero-order valence-corrected chi connectivity index (χ0v) is 13.5. The first-order valence-corrected chi connectivity index (χ1v) is 8.48. The molecule has 2 heterocycles. The predicted molar refractivity (Wildman–Crippen MR) is 76.9 cm³/mol. The molecule has 21 heavy (non-hydrogen) atoms. The third-order valence-electron chi connectivity index (χ3n) is 4.07. The molecule has 1 fully saturated rings. The number of carboxylic acids is 1. The van der Waals surface area contributed by atoms with Crippen molar-refractivity contribution in [1.29, 1.82) is 0 Å². The van der Waals surface area contributed by atoms with E-state index in [4.69, 9.17) is 4.42 Å². The van der Waals surface area contributed by atoms with E-state index in [1.54, 1.807) is 0 Å². The van der Waals surface area contributed by atoms with Crippen LogP contribution in [0.5, 0.6) is 0 Å². The van der Waals surface area contributed by atoms with Gasteiger partial charge in [-0.2, -0.15) is 4.31 Å². The minimum absolute atomic E-state index is 0.121. The summed E-state index contributed by atoms with van der Waals surface area (Å²) in [4.78, 5) is 11.2. The lowest BCUT2D eigenvalue weighted by Crippen LogP contribution is -2.47. The van der Waals surface area contributed by atoms with Gasteiger partial charge in [-0.1, -0.05) is 6.42 Å². The lowest BCUT2D eigenvalue weighted by atomic mass is 10.0. The van der Waals surface area contributed by atoms with Gasteiger partial charge in [-0.25, -0.2) is 13.2 Å². The number of piperidine rings is 1. The van der Waals surface area contributed by atoms with Gasteiger partial charge >= 0.3 is 5.97 Å². The monoisotopic (exact) mass is 315 g/mol. The number of carboxylic acid groups (broad SMARTS) is 1. The summed E-state index contributed by atoms with van der Waals surface area (Å²) in [7, 11) is -3.89. The third kappa shape index (κ3) is 2.60. The fraction of sp³-hybridized carbons (Fsp3) is 0.643. The van der Waals surface area contributed by atoms with Crippen LogP contribution in [0.15, 0.2) is 9.31 Å². The number of furan rings is 1. The molecular weight excluding hydrogens is 294 g/mol. The highest BCUT2D eigenvalue weighted by Gasteiger charge is 2.40. The van der Waals surface area contributed by atoms with Gasteiger partial charge < -0.3 is 9.52 Å². The van der Waals surface area contributed by atoms with Crippen molar-refractivity contribution in [1.82, 2.24) is 4.31 Å². The van der Waals surface area contributed by atoms with Crippen LogP contribution in [0.3, 0.4) is 0 Å². The molecule has 0 spiro atoms. The van der Waals surface area contributed by atoms with E-state index in [2.05, 4.69) is 0 Å². The Hall–Kier alpha value is -1.34. The predicted octanol–water partition coefficient (Wildman–Crippen LogP) is 2.55. The van der Waals surface area contributed by atoms with E-state index < -0.39 is 16.0 Å². The summed E-state index contributed by atoms with van der Waals surface area (Å²) in [6.45, 7) is 6.68. The maximum absolute atomic E-state index is 13.0. The molecule has 7 heteroatoms. The largest absolute Gasteiger partial charge is 0.478 e. The molecule has 0 bridgehead atoms. The van der Waals surface area contributed by atoms with Gasteiger partial charge in [-0.3, -0.25) is 0 Å². The molecular formula is C14H21NO5S. The number of sulfonamides is 1. The van der Waals surface area contributed by atoms with Crippen molar-refractivity contribution in [2.45, 2.75) is 63.9 Å². The maximum atomic E-state index is 13.0. The SMILES string of the molecule is Cc1oc(C)c(S(=O)(=O)N2C(C)CCCC2C)c1C(=O)O. The molecule has 2 rings (SSSR count). The number of nitrogens with zero attached hydrogens (tertiary/aromatic N) is 1. The van der Waals surface area contributed by atoms with Crippen LogP contribution in [0.2, 0.25) is 0 Å². The second-order valence-corrected chi connectivity index (χ2v) is 7.47. The summed E-state index contributed by atoms with van der Waals surface area (Å²) in [6.07, 6.45) is 2.53.